The van der Waals surface area contributed by atoms with E-state index in [0.717, 1.165) is 22.0 Å². The van der Waals surface area contributed by atoms with Crippen LogP contribution in [0.3, 0.4) is 0 Å². The van der Waals surface area contributed by atoms with Crippen molar-refractivity contribution in [2.24, 2.45) is 0 Å². The topological polar surface area (TPSA) is 70.2 Å². The summed E-state index contributed by atoms with van der Waals surface area (Å²) in [5.74, 6) is -0.850. The number of para-hydroxylation sites is 1. The first-order chi connectivity index (χ1) is 12.6. The molecule has 0 aliphatic heterocycles. The Bertz CT molecular complexity index is 946. The van der Waals surface area contributed by atoms with Crippen molar-refractivity contribution in [3.05, 3.63) is 108 Å². The zero-order chi connectivity index (χ0) is 18.4. The molecule has 2 N–H and O–H groups in total. The maximum atomic E-state index is 11.8. The number of fused-ring (bicyclic) bond motifs is 1. The van der Waals surface area contributed by atoms with E-state index >= 15 is 0 Å². The van der Waals surface area contributed by atoms with Crippen LogP contribution in [0.2, 0.25) is 0 Å². The summed E-state index contributed by atoms with van der Waals surface area (Å²) in [6.07, 6.45) is 0. The Morgan fingerprint density at radius 2 is 1.19 bits per heavy atom. The number of carboxylic acids is 1. The lowest BCUT2D eigenvalue weighted by atomic mass is 10.0. The fraction of sp³-hybridized carbons (Fsp3) is 0. The third-order valence-electron chi connectivity index (χ3n) is 3.83. The number of carbonyl (C=O) groups excluding carboxylic acids is 1. The average Bonchev–Trinajstić information content (AvgIpc) is 3.14. The highest BCUT2D eigenvalue weighted by molar-refractivity contribution is 6.08. The highest BCUT2D eigenvalue weighted by atomic mass is 16.4. The van der Waals surface area contributed by atoms with Crippen molar-refractivity contribution < 1.29 is 14.7 Å². The smallest absolute Gasteiger partial charge is 0.352 e. The minimum absolute atomic E-state index is 0.0752. The number of carboxylic acid groups (broad SMARTS) is 1. The van der Waals surface area contributed by atoms with Gasteiger partial charge in [0.1, 0.15) is 5.69 Å². The lowest BCUT2D eigenvalue weighted by Crippen LogP contribution is -1.99. The SMILES string of the molecule is O=C(O)c1cc2ccccc2[nH]1.O=C(c1ccccc1)c1ccccc1. The number of benzene rings is 3. The lowest BCUT2D eigenvalue weighted by Gasteiger charge is -1.99. The summed E-state index contributed by atoms with van der Waals surface area (Å²) in [7, 11) is 0. The van der Waals surface area contributed by atoms with E-state index in [4.69, 9.17) is 5.11 Å². The molecule has 0 radical (unpaired) electrons. The molecule has 0 spiro atoms. The van der Waals surface area contributed by atoms with Crippen LogP contribution in [0.15, 0.2) is 91.0 Å². The van der Waals surface area contributed by atoms with Gasteiger partial charge in [-0.25, -0.2) is 4.79 Å². The Kier molecular flexibility index (Phi) is 5.25. The van der Waals surface area contributed by atoms with Gasteiger partial charge in [0.05, 0.1) is 0 Å². The molecule has 0 atom stereocenters. The first kappa shape index (κ1) is 17.2. The number of ketones is 1. The van der Waals surface area contributed by atoms with Crippen LogP contribution in [0.5, 0.6) is 0 Å². The predicted octanol–water partition coefficient (Wildman–Crippen LogP) is 4.78. The quantitative estimate of drug-likeness (QED) is 0.526. The Labute approximate surface area is 150 Å². The van der Waals surface area contributed by atoms with Crippen LogP contribution >= 0.6 is 0 Å². The van der Waals surface area contributed by atoms with Crippen molar-refractivity contribution in [1.82, 2.24) is 4.98 Å². The third-order valence-corrected chi connectivity index (χ3v) is 3.83. The largest absolute Gasteiger partial charge is 0.477 e. The molecule has 1 aromatic heterocycles. The van der Waals surface area contributed by atoms with Crippen molar-refractivity contribution in [3.63, 3.8) is 0 Å². The van der Waals surface area contributed by atoms with E-state index in [1.807, 2.05) is 84.9 Å². The molecule has 26 heavy (non-hydrogen) atoms. The monoisotopic (exact) mass is 343 g/mol. The van der Waals surface area contributed by atoms with E-state index in [1.165, 1.54) is 0 Å². The highest BCUT2D eigenvalue weighted by Gasteiger charge is 2.06. The number of nitrogens with one attached hydrogen (secondary N) is 1. The van der Waals surface area contributed by atoms with Crippen LogP contribution in [0.1, 0.15) is 26.4 Å². The molecule has 128 valence electrons. The zero-order valence-corrected chi connectivity index (χ0v) is 13.9. The maximum absolute atomic E-state index is 11.8. The summed E-state index contributed by atoms with van der Waals surface area (Å²) in [6.45, 7) is 0. The fourth-order valence-corrected chi connectivity index (χ4v) is 2.53. The predicted molar refractivity (Wildman–Crippen MR) is 102 cm³/mol. The third kappa shape index (κ3) is 4.05. The van der Waals surface area contributed by atoms with E-state index in [2.05, 4.69) is 4.98 Å². The van der Waals surface area contributed by atoms with Gasteiger partial charge in [-0.3, -0.25) is 4.79 Å². The van der Waals surface area contributed by atoms with Crippen LogP contribution in [0, 0.1) is 0 Å². The number of aromatic carboxylic acids is 1. The van der Waals surface area contributed by atoms with E-state index in [1.54, 1.807) is 6.07 Å². The number of hydrogen-bond donors (Lipinski definition) is 2. The molecule has 0 saturated carbocycles. The van der Waals surface area contributed by atoms with E-state index in [9.17, 15) is 9.59 Å². The molecular weight excluding hydrogens is 326 g/mol. The second-order valence-electron chi connectivity index (χ2n) is 5.64. The molecule has 4 rings (SSSR count). The number of H-pyrrole nitrogens is 1. The summed E-state index contributed by atoms with van der Waals surface area (Å²) < 4.78 is 0. The Balaban J connectivity index is 0.000000152. The molecule has 0 fully saturated rings. The second-order valence-corrected chi connectivity index (χ2v) is 5.64. The van der Waals surface area contributed by atoms with E-state index in [0.29, 0.717) is 0 Å². The molecule has 1 heterocycles. The molecule has 0 amide bonds. The number of rotatable bonds is 3. The molecule has 4 heteroatoms. The van der Waals surface area contributed by atoms with Gasteiger partial charge in [-0.15, -0.1) is 0 Å². The maximum Gasteiger partial charge on any atom is 0.352 e. The molecule has 0 aliphatic carbocycles. The molecule has 0 unspecified atom stereocenters. The summed E-state index contributed by atoms with van der Waals surface area (Å²) in [5, 5.41) is 9.58. The van der Waals surface area contributed by atoms with Gasteiger partial charge >= 0.3 is 5.97 Å². The van der Waals surface area contributed by atoms with E-state index < -0.39 is 5.97 Å². The Hall–Kier alpha value is -3.66. The first-order valence-electron chi connectivity index (χ1n) is 8.11. The molecule has 4 nitrogen and oxygen atoms in total. The van der Waals surface area contributed by atoms with Crippen LogP contribution in [-0.4, -0.2) is 21.8 Å². The van der Waals surface area contributed by atoms with Gasteiger partial charge in [0.25, 0.3) is 0 Å². The van der Waals surface area contributed by atoms with Gasteiger partial charge in [-0.1, -0.05) is 78.9 Å². The molecule has 0 saturated heterocycles. The van der Waals surface area contributed by atoms with Crippen molar-refractivity contribution >= 4 is 22.7 Å². The minimum Gasteiger partial charge on any atom is -0.477 e. The lowest BCUT2D eigenvalue weighted by molar-refractivity contribution is 0.0691. The second kappa shape index (κ2) is 7.94. The highest BCUT2D eigenvalue weighted by Crippen LogP contribution is 2.14. The van der Waals surface area contributed by atoms with Gasteiger partial charge < -0.3 is 10.1 Å². The van der Waals surface area contributed by atoms with Crippen LogP contribution < -0.4 is 0 Å². The van der Waals surface area contributed by atoms with Crippen molar-refractivity contribution in [3.8, 4) is 0 Å². The van der Waals surface area contributed by atoms with E-state index in [-0.39, 0.29) is 11.5 Å². The van der Waals surface area contributed by atoms with Crippen molar-refractivity contribution in [1.29, 1.82) is 0 Å². The number of hydrogen-bond acceptors (Lipinski definition) is 2. The normalized spacial score (nSPS) is 10.0. The first-order valence-corrected chi connectivity index (χ1v) is 8.11. The van der Waals surface area contributed by atoms with Gasteiger partial charge in [-0.05, 0) is 12.1 Å². The van der Waals surface area contributed by atoms with Crippen molar-refractivity contribution in [2.45, 2.75) is 0 Å². The summed E-state index contributed by atoms with van der Waals surface area (Å²) in [4.78, 5) is 25.2. The average molecular weight is 343 g/mol. The summed E-state index contributed by atoms with van der Waals surface area (Å²) in [6, 6.07) is 27.7. The summed E-state index contributed by atoms with van der Waals surface area (Å²) >= 11 is 0. The molecular formula is C22H17NO3. The fourth-order valence-electron chi connectivity index (χ4n) is 2.53. The van der Waals surface area contributed by atoms with Gasteiger partial charge in [0.15, 0.2) is 5.78 Å². The summed E-state index contributed by atoms with van der Waals surface area (Å²) in [5.41, 5.74) is 2.56. The van der Waals surface area contributed by atoms with Crippen LogP contribution in [0.4, 0.5) is 0 Å². The van der Waals surface area contributed by atoms with Gasteiger partial charge in [-0.2, -0.15) is 0 Å². The molecule has 0 aliphatic rings. The van der Waals surface area contributed by atoms with Crippen molar-refractivity contribution in [2.75, 3.05) is 0 Å². The molecule has 4 aromatic rings. The number of aromatic nitrogens is 1. The number of carbonyl (C=O) groups is 2. The van der Waals surface area contributed by atoms with Crippen LogP contribution in [-0.2, 0) is 0 Å². The van der Waals surface area contributed by atoms with Gasteiger partial charge in [0, 0.05) is 22.0 Å². The Morgan fingerprint density at radius 1 is 0.692 bits per heavy atom. The number of aromatic amines is 1. The van der Waals surface area contributed by atoms with Crippen LogP contribution in [0.25, 0.3) is 10.9 Å². The Morgan fingerprint density at radius 3 is 1.69 bits per heavy atom. The zero-order valence-electron chi connectivity index (χ0n) is 13.9. The molecule has 3 aromatic carbocycles. The minimum atomic E-state index is -0.925. The standard InChI is InChI=1S/C13H10O.C9H7NO2/c14-13(11-7-3-1-4-8-11)12-9-5-2-6-10-12;11-9(12)8-5-6-3-1-2-4-7(6)10-8/h1-10H;1-5,10H,(H,11,12). The molecule has 0 bridgehead atoms. The van der Waals surface area contributed by atoms with Gasteiger partial charge in [0.2, 0.25) is 0 Å².